The fraction of sp³-hybridized carbons (Fsp3) is 0.346. The van der Waals surface area contributed by atoms with E-state index in [0.717, 1.165) is 0 Å². The minimum atomic E-state index is -1.15. The van der Waals surface area contributed by atoms with E-state index >= 15 is 0 Å². The molecular formula is C26H29FN2O6. The van der Waals surface area contributed by atoms with Crippen LogP contribution in [-0.4, -0.2) is 39.9 Å². The summed E-state index contributed by atoms with van der Waals surface area (Å²) in [6.45, 7) is 6.37. The summed E-state index contributed by atoms with van der Waals surface area (Å²) in [5.41, 5.74) is 1.14. The predicted octanol–water partition coefficient (Wildman–Crippen LogP) is 4.80. The van der Waals surface area contributed by atoms with Gasteiger partial charge in [-0.15, -0.1) is 0 Å². The number of halogens is 1. The Bertz CT molecular complexity index is 1180. The molecule has 3 aromatic rings. The number of methoxy groups -OCH3 is 1. The minimum absolute atomic E-state index is 0.0260. The van der Waals surface area contributed by atoms with Gasteiger partial charge < -0.3 is 24.4 Å². The van der Waals surface area contributed by atoms with Crippen molar-refractivity contribution in [1.82, 2.24) is 9.97 Å². The van der Waals surface area contributed by atoms with Gasteiger partial charge in [0.25, 0.3) is 0 Å². The van der Waals surface area contributed by atoms with Crippen molar-refractivity contribution in [3.05, 3.63) is 65.7 Å². The Kier molecular flexibility index (Phi) is 8.24. The second-order valence-electron chi connectivity index (χ2n) is 9.19. The van der Waals surface area contributed by atoms with Crippen LogP contribution < -0.4 is 14.2 Å². The largest absolute Gasteiger partial charge is 0.497 e. The van der Waals surface area contributed by atoms with Gasteiger partial charge in [0.2, 0.25) is 5.88 Å². The molecule has 9 heteroatoms. The zero-order chi connectivity index (χ0) is 25.6. The van der Waals surface area contributed by atoms with Crippen LogP contribution in [0.15, 0.2) is 48.7 Å². The number of hydrogen-bond donors (Lipinski definition) is 2. The summed E-state index contributed by atoms with van der Waals surface area (Å²) in [6, 6.07) is 10.9. The second-order valence-corrected chi connectivity index (χ2v) is 9.19. The molecule has 1 atom stereocenters. The second kappa shape index (κ2) is 11.1. The molecule has 0 aliphatic carbocycles. The average molecular weight is 485 g/mol. The van der Waals surface area contributed by atoms with Crippen molar-refractivity contribution in [3.8, 4) is 28.6 Å². The highest BCUT2D eigenvalue weighted by Crippen LogP contribution is 2.32. The van der Waals surface area contributed by atoms with Crippen molar-refractivity contribution in [1.29, 1.82) is 0 Å². The number of aliphatic carboxylic acids is 1. The van der Waals surface area contributed by atoms with Crippen molar-refractivity contribution in [2.75, 3.05) is 13.7 Å². The van der Waals surface area contributed by atoms with E-state index in [9.17, 15) is 14.3 Å². The van der Waals surface area contributed by atoms with Crippen LogP contribution in [0.1, 0.15) is 44.6 Å². The molecule has 3 rings (SSSR count). The van der Waals surface area contributed by atoms with E-state index in [1.54, 1.807) is 24.3 Å². The molecule has 2 N–H and O–H groups in total. The van der Waals surface area contributed by atoms with E-state index in [1.807, 2.05) is 20.8 Å². The standard InChI is InChI=1S/C26H29FN2O6/c1-26(2,3)15-35-25-24(20-11-18(33-4)8-9-21(20)27)28-13-17(29-25)14-34-19-7-5-6-16(10-19)22(30)12-23(31)32/h5-11,13,22,30H,12,14-15H2,1-4H3,(H,31,32)/t22-/m1/s1. The van der Waals surface area contributed by atoms with Crippen LogP contribution in [0, 0.1) is 11.2 Å². The van der Waals surface area contributed by atoms with Crippen LogP contribution in [0.25, 0.3) is 11.3 Å². The summed E-state index contributed by atoms with van der Waals surface area (Å²) >= 11 is 0. The molecule has 0 aliphatic heterocycles. The maximum absolute atomic E-state index is 14.6. The normalized spacial score (nSPS) is 12.2. The van der Waals surface area contributed by atoms with Crippen molar-refractivity contribution >= 4 is 5.97 Å². The highest BCUT2D eigenvalue weighted by molar-refractivity contribution is 5.68. The SMILES string of the molecule is COc1ccc(F)c(-c2ncc(COc3cccc([C@H](O)CC(=O)O)c3)nc2OCC(C)(C)C)c1. The quantitative estimate of drug-likeness (QED) is 0.422. The van der Waals surface area contributed by atoms with Gasteiger partial charge in [-0.2, -0.15) is 0 Å². The first-order valence-electron chi connectivity index (χ1n) is 11.0. The number of aliphatic hydroxyl groups excluding tert-OH is 1. The van der Waals surface area contributed by atoms with Gasteiger partial charge in [0.05, 0.1) is 32.4 Å². The van der Waals surface area contributed by atoms with Gasteiger partial charge >= 0.3 is 5.97 Å². The summed E-state index contributed by atoms with van der Waals surface area (Å²) in [5, 5.41) is 18.9. The summed E-state index contributed by atoms with van der Waals surface area (Å²) in [4.78, 5) is 19.8. The third-order valence-corrected chi connectivity index (χ3v) is 4.86. The van der Waals surface area contributed by atoms with Gasteiger partial charge in [-0.3, -0.25) is 4.79 Å². The highest BCUT2D eigenvalue weighted by Gasteiger charge is 2.20. The Morgan fingerprint density at radius 2 is 1.89 bits per heavy atom. The molecule has 0 fully saturated rings. The Hall–Kier alpha value is -3.72. The van der Waals surface area contributed by atoms with E-state index in [4.69, 9.17) is 19.3 Å². The average Bonchev–Trinajstić information content (AvgIpc) is 2.81. The fourth-order valence-electron chi connectivity index (χ4n) is 3.11. The fourth-order valence-corrected chi connectivity index (χ4v) is 3.11. The first-order chi connectivity index (χ1) is 16.6. The summed E-state index contributed by atoms with van der Waals surface area (Å²) in [7, 11) is 1.50. The number of benzene rings is 2. The molecule has 0 saturated heterocycles. The lowest BCUT2D eigenvalue weighted by Gasteiger charge is -2.20. The maximum atomic E-state index is 14.6. The molecule has 0 saturated carbocycles. The Morgan fingerprint density at radius 3 is 2.57 bits per heavy atom. The number of nitrogens with zero attached hydrogens (tertiary/aromatic N) is 2. The van der Waals surface area contributed by atoms with Gasteiger partial charge in [0.1, 0.15) is 35.3 Å². The lowest BCUT2D eigenvalue weighted by Crippen LogP contribution is -2.18. The van der Waals surface area contributed by atoms with Crippen LogP contribution in [-0.2, 0) is 11.4 Å². The number of aliphatic hydroxyl groups is 1. The minimum Gasteiger partial charge on any atom is -0.497 e. The lowest BCUT2D eigenvalue weighted by molar-refractivity contribution is -0.139. The first kappa shape index (κ1) is 25.9. The third-order valence-electron chi connectivity index (χ3n) is 4.86. The topological polar surface area (TPSA) is 111 Å². The molecule has 0 radical (unpaired) electrons. The van der Waals surface area contributed by atoms with Crippen molar-refractivity contribution in [2.24, 2.45) is 5.41 Å². The molecule has 2 aromatic carbocycles. The van der Waals surface area contributed by atoms with Crippen LogP contribution in [0.2, 0.25) is 0 Å². The molecule has 0 amide bonds. The molecule has 1 aromatic heterocycles. The van der Waals surface area contributed by atoms with E-state index < -0.39 is 24.3 Å². The molecular weight excluding hydrogens is 455 g/mol. The molecule has 0 bridgehead atoms. The molecule has 8 nitrogen and oxygen atoms in total. The molecule has 35 heavy (non-hydrogen) atoms. The molecule has 1 heterocycles. The summed E-state index contributed by atoms with van der Waals surface area (Å²) in [5.74, 6) is -0.522. The van der Waals surface area contributed by atoms with Gasteiger partial charge in [-0.1, -0.05) is 32.9 Å². The van der Waals surface area contributed by atoms with E-state index in [-0.39, 0.29) is 29.2 Å². The van der Waals surface area contributed by atoms with Crippen molar-refractivity contribution < 1.29 is 33.6 Å². The van der Waals surface area contributed by atoms with Crippen LogP contribution in [0.3, 0.4) is 0 Å². The smallest absolute Gasteiger partial charge is 0.306 e. The molecule has 0 aliphatic rings. The number of carbonyl (C=O) groups is 1. The van der Waals surface area contributed by atoms with Crippen LogP contribution >= 0.6 is 0 Å². The number of ether oxygens (including phenoxy) is 3. The molecule has 186 valence electrons. The summed E-state index contributed by atoms with van der Waals surface area (Å²) < 4.78 is 31.6. The lowest BCUT2D eigenvalue weighted by atomic mass is 9.99. The summed E-state index contributed by atoms with van der Waals surface area (Å²) in [6.07, 6.45) is -0.0854. The van der Waals surface area contributed by atoms with Crippen LogP contribution in [0.5, 0.6) is 17.4 Å². The Labute approximate surface area is 203 Å². The maximum Gasteiger partial charge on any atom is 0.306 e. The number of rotatable bonds is 10. The monoisotopic (exact) mass is 484 g/mol. The van der Waals surface area contributed by atoms with Crippen molar-refractivity contribution in [3.63, 3.8) is 0 Å². The van der Waals surface area contributed by atoms with E-state index in [1.165, 1.54) is 31.5 Å². The number of carboxylic acid groups (broad SMARTS) is 1. The number of hydrogen-bond acceptors (Lipinski definition) is 7. The van der Waals surface area contributed by atoms with Gasteiger partial charge in [-0.25, -0.2) is 14.4 Å². The number of aromatic nitrogens is 2. The van der Waals surface area contributed by atoms with Gasteiger partial charge in [-0.05, 0) is 41.3 Å². The van der Waals surface area contributed by atoms with E-state index in [2.05, 4.69) is 9.97 Å². The first-order valence-corrected chi connectivity index (χ1v) is 11.0. The molecule has 0 unspecified atom stereocenters. The van der Waals surface area contributed by atoms with Gasteiger partial charge in [0.15, 0.2) is 0 Å². The third kappa shape index (κ3) is 7.38. The van der Waals surface area contributed by atoms with Gasteiger partial charge in [0, 0.05) is 5.56 Å². The zero-order valence-corrected chi connectivity index (χ0v) is 20.1. The number of carboxylic acids is 1. The molecule has 0 spiro atoms. The Balaban J connectivity index is 1.86. The Morgan fingerprint density at radius 1 is 1.11 bits per heavy atom. The highest BCUT2D eigenvalue weighted by atomic mass is 19.1. The van der Waals surface area contributed by atoms with E-state index in [0.29, 0.717) is 29.4 Å². The van der Waals surface area contributed by atoms with Crippen molar-refractivity contribution in [2.45, 2.75) is 39.9 Å². The predicted molar refractivity (Wildman–Crippen MR) is 127 cm³/mol. The zero-order valence-electron chi connectivity index (χ0n) is 20.1. The van der Waals surface area contributed by atoms with Crippen LogP contribution in [0.4, 0.5) is 4.39 Å².